The minimum atomic E-state index is -0.764. The van der Waals surface area contributed by atoms with Crippen molar-refractivity contribution in [3.63, 3.8) is 0 Å². The summed E-state index contributed by atoms with van der Waals surface area (Å²) in [5.74, 6) is -0.842. The standard InChI is InChI=1S/C20H18ClN3O3/c1-10-6-7-16(25)11(2)17(10)24-18(22)15(19(23)26)9-14(20(24)27)12-4-3-5-13(21)8-12/h3-9,25H,22H2,1-2H3,(H2,23,26). The molecule has 138 valence electrons. The first kappa shape index (κ1) is 18.5. The Kier molecular flexibility index (Phi) is 4.68. The highest BCUT2D eigenvalue weighted by atomic mass is 35.5. The van der Waals surface area contributed by atoms with Gasteiger partial charge in [-0.15, -0.1) is 0 Å². The molecule has 1 aromatic heterocycles. The number of aromatic nitrogens is 1. The van der Waals surface area contributed by atoms with Gasteiger partial charge in [-0.1, -0.05) is 29.8 Å². The van der Waals surface area contributed by atoms with Gasteiger partial charge in [0.15, 0.2) is 0 Å². The second-order valence-corrected chi connectivity index (χ2v) is 6.68. The number of amides is 1. The molecule has 0 saturated carbocycles. The Balaban J connectivity index is 2.48. The Morgan fingerprint density at radius 1 is 1.15 bits per heavy atom. The fourth-order valence-electron chi connectivity index (χ4n) is 3.08. The zero-order valence-corrected chi connectivity index (χ0v) is 15.5. The minimum absolute atomic E-state index is 0.00622. The van der Waals surface area contributed by atoms with Gasteiger partial charge in [-0.25, -0.2) is 0 Å². The molecule has 0 fully saturated rings. The maximum absolute atomic E-state index is 13.3. The number of aryl methyl sites for hydroxylation is 1. The van der Waals surface area contributed by atoms with Crippen molar-refractivity contribution in [2.75, 3.05) is 5.73 Å². The van der Waals surface area contributed by atoms with Crippen molar-refractivity contribution in [2.45, 2.75) is 13.8 Å². The Hall–Kier alpha value is -3.25. The van der Waals surface area contributed by atoms with E-state index in [1.165, 1.54) is 16.7 Å². The van der Waals surface area contributed by atoms with Gasteiger partial charge in [-0.05, 0) is 49.2 Å². The van der Waals surface area contributed by atoms with E-state index in [1.54, 1.807) is 44.2 Å². The molecule has 0 spiro atoms. The molecule has 0 atom stereocenters. The lowest BCUT2D eigenvalue weighted by Crippen LogP contribution is -2.28. The van der Waals surface area contributed by atoms with Gasteiger partial charge in [-0.2, -0.15) is 0 Å². The number of benzene rings is 2. The Morgan fingerprint density at radius 3 is 2.48 bits per heavy atom. The summed E-state index contributed by atoms with van der Waals surface area (Å²) in [7, 11) is 0. The highest BCUT2D eigenvalue weighted by Crippen LogP contribution is 2.30. The maximum Gasteiger partial charge on any atom is 0.264 e. The number of halogens is 1. The Morgan fingerprint density at radius 2 is 1.85 bits per heavy atom. The molecular weight excluding hydrogens is 366 g/mol. The third kappa shape index (κ3) is 3.15. The van der Waals surface area contributed by atoms with Gasteiger partial charge in [0.25, 0.3) is 11.5 Å². The van der Waals surface area contributed by atoms with Crippen LogP contribution in [0.4, 0.5) is 5.82 Å². The molecule has 0 radical (unpaired) electrons. The molecule has 1 heterocycles. The monoisotopic (exact) mass is 383 g/mol. The molecule has 0 aliphatic heterocycles. The lowest BCUT2D eigenvalue weighted by Gasteiger charge is -2.19. The van der Waals surface area contributed by atoms with Gasteiger partial charge in [0, 0.05) is 16.1 Å². The third-order valence-electron chi connectivity index (χ3n) is 4.47. The van der Waals surface area contributed by atoms with Crippen molar-refractivity contribution in [2.24, 2.45) is 5.73 Å². The molecular formula is C20H18ClN3O3. The number of phenols is 1. The van der Waals surface area contributed by atoms with Crippen LogP contribution in [0.1, 0.15) is 21.5 Å². The highest BCUT2D eigenvalue weighted by molar-refractivity contribution is 6.30. The Labute approximate surface area is 160 Å². The van der Waals surface area contributed by atoms with Crippen LogP contribution < -0.4 is 17.0 Å². The normalized spacial score (nSPS) is 10.8. The SMILES string of the molecule is Cc1ccc(O)c(C)c1-n1c(N)c(C(N)=O)cc(-c2cccc(Cl)c2)c1=O. The van der Waals surface area contributed by atoms with Crippen LogP contribution in [0.2, 0.25) is 5.02 Å². The van der Waals surface area contributed by atoms with Crippen LogP contribution >= 0.6 is 11.6 Å². The molecule has 0 saturated heterocycles. The molecule has 3 aromatic rings. The second kappa shape index (κ2) is 6.81. The minimum Gasteiger partial charge on any atom is -0.508 e. The summed E-state index contributed by atoms with van der Waals surface area (Å²) in [5.41, 5.74) is 13.5. The average molecular weight is 384 g/mol. The van der Waals surface area contributed by atoms with Crippen molar-refractivity contribution in [3.8, 4) is 22.6 Å². The average Bonchev–Trinajstić information content (AvgIpc) is 2.61. The fourth-order valence-corrected chi connectivity index (χ4v) is 3.27. The summed E-state index contributed by atoms with van der Waals surface area (Å²) in [5, 5.41) is 10.5. The highest BCUT2D eigenvalue weighted by Gasteiger charge is 2.21. The molecule has 7 heteroatoms. The van der Waals surface area contributed by atoms with Crippen LogP contribution in [-0.2, 0) is 0 Å². The van der Waals surface area contributed by atoms with Crippen molar-refractivity contribution in [1.82, 2.24) is 4.57 Å². The number of hydrogen-bond donors (Lipinski definition) is 3. The van der Waals surface area contributed by atoms with Crippen molar-refractivity contribution < 1.29 is 9.90 Å². The van der Waals surface area contributed by atoms with Gasteiger partial charge in [0.05, 0.1) is 11.3 Å². The largest absolute Gasteiger partial charge is 0.508 e. The summed E-state index contributed by atoms with van der Waals surface area (Å²) in [4.78, 5) is 25.3. The van der Waals surface area contributed by atoms with Crippen LogP contribution in [-0.4, -0.2) is 15.6 Å². The number of rotatable bonds is 3. The summed E-state index contributed by atoms with van der Waals surface area (Å²) in [6.07, 6.45) is 0. The van der Waals surface area contributed by atoms with Gasteiger partial charge in [0.1, 0.15) is 11.6 Å². The van der Waals surface area contributed by atoms with Crippen molar-refractivity contribution >= 4 is 23.3 Å². The first-order valence-electron chi connectivity index (χ1n) is 8.13. The molecule has 5 N–H and O–H groups in total. The van der Waals surface area contributed by atoms with Crippen LogP contribution in [0.5, 0.6) is 5.75 Å². The van der Waals surface area contributed by atoms with Gasteiger partial charge >= 0.3 is 0 Å². The lowest BCUT2D eigenvalue weighted by molar-refractivity contribution is 0.100. The van der Waals surface area contributed by atoms with Crippen LogP contribution in [0.3, 0.4) is 0 Å². The summed E-state index contributed by atoms with van der Waals surface area (Å²) < 4.78 is 1.21. The fraction of sp³-hybridized carbons (Fsp3) is 0.100. The van der Waals surface area contributed by atoms with E-state index >= 15 is 0 Å². The smallest absolute Gasteiger partial charge is 0.264 e. The molecule has 1 amide bonds. The number of nitrogens with two attached hydrogens (primary N) is 2. The van der Waals surface area contributed by atoms with Crippen LogP contribution in [0.15, 0.2) is 47.3 Å². The van der Waals surface area contributed by atoms with Gasteiger partial charge in [0.2, 0.25) is 0 Å². The van der Waals surface area contributed by atoms with Crippen LogP contribution in [0.25, 0.3) is 16.8 Å². The van der Waals surface area contributed by atoms with E-state index < -0.39 is 11.5 Å². The van der Waals surface area contributed by atoms with E-state index in [4.69, 9.17) is 23.1 Å². The molecule has 3 rings (SSSR count). The van der Waals surface area contributed by atoms with E-state index in [9.17, 15) is 14.7 Å². The molecule has 6 nitrogen and oxygen atoms in total. The summed E-state index contributed by atoms with van der Waals surface area (Å²) in [6.45, 7) is 3.45. The maximum atomic E-state index is 13.3. The second-order valence-electron chi connectivity index (χ2n) is 6.25. The molecule has 0 bridgehead atoms. The number of nitrogen functional groups attached to an aromatic ring is 1. The molecule has 27 heavy (non-hydrogen) atoms. The molecule has 0 aliphatic rings. The predicted molar refractivity (Wildman–Crippen MR) is 107 cm³/mol. The van der Waals surface area contributed by atoms with Gasteiger partial charge < -0.3 is 16.6 Å². The lowest BCUT2D eigenvalue weighted by atomic mass is 10.0. The number of carbonyl (C=O) groups is 1. The van der Waals surface area contributed by atoms with Crippen molar-refractivity contribution in [3.05, 3.63) is 74.5 Å². The third-order valence-corrected chi connectivity index (χ3v) is 4.70. The first-order chi connectivity index (χ1) is 12.7. The van der Waals surface area contributed by atoms with Crippen molar-refractivity contribution in [1.29, 1.82) is 0 Å². The number of phenolic OH excluding ortho intramolecular Hbond substituents is 1. The van der Waals surface area contributed by atoms with E-state index in [2.05, 4.69) is 0 Å². The van der Waals surface area contributed by atoms with E-state index in [1.807, 2.05) is 0 Å². The topological polar surface area (TPSA) is 111 Å². The zero-order valence-electron chi connectivity index (χ0n) is 14.8. The summed E-state index contributed by atoms with van der Waals surface area (Å²) in [6, 6.07) is 11.3. The number of hydrogen-bond acceptors (Lipinski definition) is 4. The van der Waals surface area contributed by atoms with Crippen LogP contribution in [0, 0.1) is 13.8 Å². The quantitative estimate of drug-likeness (QED) is 0.644. The number of primary amides is 1. The number of carbonyl (C=O) groups excluding carboxylic acids is 1. The summed E-state index contributed by atoms with van der Waals surface area (Å²) >= 11 is 6.05. The first-order valence-corrected chi connectivity index (χ1v) is 8.51. The molecule has 0 unspecified atom stereocenters. The number of pyridine rings is 1. The number of nitrogens with zero attached hydrogens (tertiary/aromatic N) is 1. The predicted octanol–water partition coefficient (Wildman–Crippen LogP) is 3.16. The number of aromatic hydroxyl groups is 1. The molecule has 2 aromatic carbocycles. The number of anilines is 1. The van der Waals surface area contributed by atoms with E-state index in [0.29, 0.717) is 27.4 Å². The molecule has 0 aliphatic carbocycles. The van der Waals surface area contributed by atoms with E-state index in [0.717, 1.165) is 0 Å². The zero-order chi connectivity index (χ0) is 19.9. The van der Waals surface area contributed by atoms with Gasteiger partial charge in [-0.3, -0.25) is 14.2 Å². The van der Waals surface area contributed by atoms with E-state index in [-0.39, 0.29) is 22.7 Å². The Bertz CT molecular complexity index is 1140.